The summed E-state index contributed by atoms with van der Waals surface area (Å²) in [6.07, 6.45) is 6.24. The van der Waals surface area contributed by atoms with Gasteiger partial charge >= 0.3 is 0 Å². The maximum absolute atomic E-state index is 12.5. The SMILES string of the molecule is CCCCOc1cn(CC2CC2)c(=O)c2ccc(O)cc12. The third-order valence-corrected chi connectivity index (χ3v) is 3.94. The number of unbranched alkanes of at least 4 members (excludes halogenated alkanes) is 1. The van der Waals surface area contributed by atoms with Crippen molar-refractivity contribution >= 4 is 10.8 Å². The Hall–Kier alpha value is -1.97. The molecule has 0 atom stereocenters. The molecule has 4 nitrogen and oxygen atoms in total. The molecule has 0 amide bonds. The van der Waals surface area contributed by atoms with Gasteiger partial charge in [0.25, 0.3) is 5.56 Å². The minimum absolute atomic E-state index is 0.000239. The number of benzene rings is 1. The largest absolute Gasteiger partial charge is 0.508 e. The van der Waals surface area contributed by atoms with E-state index in [9.17, 15) is 9.90 Å². The Kier molecular flexibility index (Phi) is 3.86. The van der Waals surface area contributed by atoms with Crippen molar-refractivity contribution in [1.82, 2.24) is 4.57 Å². The van der Waals surface area contributed by atoms with Gasteiger partial charge in [0.1, 0.15) is 11.5 Å². The van der Waals surface area contributed by atoms with Crippen molar-refractivity contribution in [3.63, 3.8) is 0 Å². The van der Waals surface area contributed by atoms with Gasteiger partial charge in [0.2, 0.25) is 0 Å². The van der Waals surface area contributed by atoms with Gasteiger partial charge in [0, 0.05) is 18.1 Å². The number of fused-ring (bicyclic) bond motifs is 1. The lowest BCUT2D eigenvalue weighted by atomic mass is 10.1. The van der Waals surface area contributed by atoms with E-state index in [2.05, 4.69) is 6.92 Å². The fourth-order valence-corrected chi connectivity index (χ4v) is 2.50. The fraction of sp³-hybridized carbons (Fsp3) is 0.471. The molecule has 1 saturated carbocycles. The zero-order chi connectivity index (χ0) is 14.8. The van der Waals surface area contributed by atoms with E-state index < -0.39 is 0 Å². The highest BCUT2D eigenvalue weighted by atomic mass is 16.5. The molecule has 1 aromatic carbocycles. The van der Waals surface area contributed by atoms with Gasteiger partial charge in [-0.15, -0.1) is 0 Å². The van der Waals surface area contributed by atoms with Crippen LogP contribution in [0.2, 0.25) is 0 Å². The lowest BCUT2D eigenvalue weighted by Crippen LogP contribution is -2.21. The summed E-state index contributed by atoms with van der Waals surface area (Å²) in [6.45, 7) is 3.50. The number of aromatic hydroxyl groups is 1. The van der Waals surface area contributed by atoms with E-state index in [1.807, 2.05) is 0 Å². The molecule has 1 N–H and O–H groups in total. The average Bonchev–Trinajstić information content (AvgIpc) is 3.27. The van der Waals surface area contributed by atoms with Crippen LogP contribution in [0.15, 0.2) is 29.2 Å². The lowest BCUT2D eigenvalue weighted by molar-refractivity contribution is 0.309. The molecule has 1 fully saturated rings. The summed E-state index contributed by atoms with van der Waals surface area (Å²) in [5.41, 5.74) is -0.000239. The third kappa shape index (κ3) is 3.04. The van der Waals surface area contributed by atoms with E-state index in [-0.39, 0.29) is 11.3 Å². The van der Waals surface area contributed by atoms with Crippen molar-refractivity contribution in [2.24, 2.45) is 5.92 Å². The molecule has 112 valence electrons. The van der Waals surface area contributed by atoms with Gasteiger partial charge in [-0.05, 0) is 43.4 Å². The molecular formula is C17H21NO3. The number of aromatic nitrogens is 1. The molecule has 0 radical (unpaired) electrons. The molecule has 3 rings (SSSR count). The maximum atomic E-state index is 12.5. The molecule has 2 aromatic rings. The summed E-state index contributed by atoms with van der Waals surface area (Å²) in [5.74, 6) is 1.47. The van der Waals surface area contributed by atoms with Crippen molar-refractivity contribution in [1.29, 1.82) is 0 Å². The summed E-state index contributed by atoms with van der Waals surface area (Å²) in [5, 5.41) is 11.0. The molecule has 1 aliphatic carbocycles. The van der Waals surface area contributed by atoms with E-state index in [0.29, 0.717) is 29.0 Å². The Bertz CT molecular complexity index is 701. The van der Waals surface area contributed by atoms with Crippen molar-refractivity contribution in [3.05, 3.63) is 34.7 Å². The van der Waals surface area contributed by atoms with Crippen LogP contribution in [0.25, 0.3) is 10.8 Å². The Balaban J connectivity index is 2.05. The van der Waals surface area contributed by atoms with Gasteiger partial charge in [0.15, 0.2) is 0 Å². The standard InChI is InChI=1S/C17H21NO3/c1-2-3-8-21-16-11-18(10-12-4-5-12)17(20)14-7-6-13(19)9-15(14)16/h6-7,9,11-12,19H,2-5,8,10H2,1H3. The van der Waals surface area contributed by atoms with E-state index in [4.69, 9.17) is 4.74 Å². The number of phenols is 1. The number of phenolic OH excluding ortho intramolecular Hbond substituents is 1. The topological polar surface area (TPSA) is 51.5 Å². The van der Waals surface area contributed by atoms with Gasteiger partial charge < -0.3 is 14.4 Å². The highest BCUT2D eigenvalue weighted by Crippen LogP contribution is 2.32. The normalized spacial score (nSPS) is 14.5. The third-order valence-electron chi connectivity index (χ3n) is 3.94. The smallest absolute Gasteiger partial charge is 0.258 e. The van der Waals surface area contributed by atoms with E-state index in [1.165, 1.54) is 12.8 Å². The van der Waals surface area contributed by atoms with Crippen molar-refractivity contribution in [2.45, 2.75) is 39.2 Å². The Morgan fingerprint density at radius 3 is 2.86 bits per heavy atom. The molecule has 0 spiro atoms. The summed E-state index contributed by atoms with van der Waals surface area (Å²) in [7, 11) is 0. The van der Waals surface area contributed by atoms with Gasteiger partial charge in [-0.1, -0.05) is 13.3 Å². The highest BCUT2D eigenvalue weighted by Gasteiger charge is 2.23. The zero-order valence-corrected chi connectivity index (χ0v) is 12.3. The van der Waals surface area contributed by atoms with Gasteiger partial charge in [-0.2, -0.15) is 0 Å². The minimum Gasteiger partial charge on any atom is -0.508 e. The predicted octanol–water partition coefficient (Wildman–Crippen LogP) is 3.30. The highest BCUT2D eigenvalue weighted by molar-refractivity contribution is 5.88. The molecule has 1 aromatic heterocycles. The van der Waals surface area contributed by atoms with Crippen LogP contribution in [-0.4, -0.2) is 16.3 Å². The zero-order valence-electron chi connectivity index (χ0n) is 12.3. The van der Waals surface area contributed by atoms with E-state index in [0.717, 1.165) is 19.4 Å². The number of hydrogen-bond donors (Lipinski definition) is 1. The second-order valence-electron chi connectivity index (χ2n) is 5.83. The molecule has 0 bridgehead atoms. The van der Waals surface area contributed by atoms with Gasteiger partial charge in [-0.25, -0.2) is 0 Å². The molecule has 0 unspecified atom stereocenters. The van der Waals surface area contributed by atoms with Crippen LogP contribution in [0.5, 0.6) is 11.5 Å². The molecule has 0 saturated heterocycles. The predicted molar refractivity (Wildman–Crippen MR) is 83.0 cm³/mol. The first-order valence-electron chi connectivity index (χ1n) is 7.68. The first-order valence-corrected chi connectivity index (χ1v) is 7.68. The summed E-state index contributed by atoms with van der Waals surface area (Å²) in [4.78, 5) is 12.5. The summed E-state index contributed by atoms with van der Waals surface area (Å²) >= 11 is 0. The quantitative estimate of drug-likeness (QED) is 0.829. The van der Waals surface area contributed by atoms with Crippen LogP contribution in [0.4, 0.5) is 0 Å². The Labute approximate surface area is 124 Å². The maximum Gasteiger partial charge on any atom is 0.258 e. The number of nitrogens with zero attached hydrogens (tertiary/aromatic N) is 1. The molecule has 0 aliphatic heterocycles. The second kappa shape index (κ2) is 5.80. The van der Waals surface area contributed by atoms with Crippen LogP contribution in [0, 0.1) is 5.92 Å². The monoisotopic (exact) mass is 287 g/mol. The second-order valence-corrected chi connectivity index (χ2v) is 5.83. The lowest BCUT2D eigenvalue weighted by Gasteiger charge is -2.13. The van der Waals surface area contributed by atoms with Gasteiger partial charge in [0.05, 0.1) is 12.0 Å². The average molecular weight is 287 g/mol. The molecule has 4 heteroatoms. The van der Waals surface area contributed by atoms with Crippen LogP contribution < -0.4 is 10.3 Å². The van der Waals surface area contributed by atoms with Crippen molar-refractivity contribution in [3.8, 4) is 11.5 Å². The first kappa shape index (κ1) is 14.0. The first-order chi connectivity index (χ1) is 10.2. The Morgan fingerprint density at radius 1 is 1.33 bits per heavy atom. The van der Waals surface area contributed by atoms with E-state index in [1.54, 1.807) is 29.0 Å². The number of ether oxygens (including phenoxy) is 1. The summed E-state index contributed by atoms with van der Waals surface area (Å²) < 4.78 is 7.60. The van der Waals surface area contributed by atoms with Crippen molar-refractivity contribution in [2.75, 3.05) is 6.61 Å². The number of pyridine rings is 1. The van der Waals surface area contributed by atoms with Crippen LogP contribution in [0.3, 0.4) is 0 Å². The summed E-state index contributed by atoms with van der Waals surface area (Å²) in [6, 6.07) is 4.85. The fourth-order valence-electron chi connectivity index (χ4n) is 2.50. The molecular weight excluding hydrogens is 266 g/mol. The number of hydrogen-bond acceptors (Lipinski definition) is 3. The Morgan fingerprint density at radius 2 is 2.14 bits per heavy atom. The van der Waals surface area contributed by atoms with Crippen LogP contribution in [-0.2, 0) is 6.54 Å². The minimum atomic E-state index is -0.000239. The van der Waals surface area contributed by atoms with Crippen LogP contribution in [0.1, 0.15) is 32.6 Å². The van der Waals surface area contributed by atoms with Gasteiger partial charge in [-0.3, -0.25) is 4.79 Å². The van der Waals surface area contributed by atoms with E-state index >= 15 is 0 Å². The van der Waals surface area contributed by atoms with Crippen LogP contribution >= 0.6 is 0 Å². The molecule has 21 heavy (non-hydrogen) atoms. The molecule has 1 aliphatic rings. The number of rotatable bonds is 6. The molecule has 1 heterocycles. The van der Waals surface area contributed by atoms with Crippen molar-refractivity contribution < 1.29 is 9.84 Å².